The minimum atomic E-state index is -0.853. The first-order valence-electron chi connectivity index (χ1n) is 4.16. The van der Waals surface area contributed by atoms with Gasteiger partial charge >= 0.3 is 5.97 Å². The van der Waals surface area contributed by atoms with Gasteiger partial charge in [-0.05, 0) is 6.92 Å². The third kappa shape index (κ3) is 2.85. The van der Waals surface area contributed by atoms with Crippen molar-refractivity contribution in [2.75, 3.05) is 11.9 Å². The van der Waals surface area contributed by atoms with E-state index < -0.39 is 5.97 Å². The van der Waals surface area contributed by atoms with Crippen molar-refractivity contribution in [2.45, 2.75) is 13.3 Å². The molecule has 76 valence electrons. The van der Waals surface area contributed by atoms with Crippen molar-refractivity contribution in [2.24, 2.45) is 0 Å². The Morgan fingerprint density at radius 1 is 1.79 bits per heavy atom. The molecule has 0 aliphatic carbocycles. The van der Waals surface area contributed by atoms with Crippen LogP contribution in [0.5, 0.6) is 0 Å². The van der Waals surface area contributed by atoms with E-state index in [4.69, 9.17) is 5.11 Å². The molecule has 0 amide bonds. The molecule has 0 fully saturated rings. The Labute approximate surface area is 86.3 Å². The van der Waals surface area contributed by atoms with Crippen LogP contribution in [0.1, 0.15) is 10.6 Å². The number of carboxylic acids is 1. The van der Waals surface area contributed by atoms with Crippen LogP contribution < -0.4 is 5.32 Å². The summed E-state index contributed by atoms with van der Waals surface area (Å²) in [6, 6.07) is 0. The Bertz CT molecular complexity index is 347. The molecular weight excluding hydrogens is 200 g/mol. The first-order valence-corrected chi connectivity index (χ1v) is 4.98. The summed E-state index contributed by atoms with van der Waals surface area (Å²) in [6.07, 6.45) is 1.71. The molecule has 0 bridgehead atoms. The summed E-state index contributed by atoms with van der Waals surface area (Å²) < 4.78 is 0. The average Bonchev–Trinajstić information content (AvgIpc) is 2.43. The summed E-state index contributed by atoms with van der Waals surface area (Å²) in [4.78, 5) is 15.6. The minimum Gasteiger partial charge on any atom is -0.481 e. The van der Waals surface area contributed by atoms with Gasteiger partial charge in [-0.1, -0.05) is 6.08 Å². The highest BCUT2D eigenvalue weighted by atomic mass is 32.1. The van der Waals surface area contributed by atoms with Crippen LogP contribution in [-0.4, -0.2) is 22.6 Å². The van der Waals surface area contributed by atoms with Gasteiger partial charge in [0.1, 0.15) is 0 Å². The molecule has 4 nitrogen and oxygen atoms in total. The van der Waals surface area contributed by atoms with E-state index in [-0.39, 0.29) is 6.42 Å². The van der Waals surface area contributed by atoms with Crippen molar-refractivity contribution in [3.05, 3.63) is 23.2 Å². The van der Waals surface area contributed by atoms with E-state index in [1.54, 1.807) is 6.08 Å². The number of rotatable bonds is 5. The number of carboxylic acid groups (broad SMARTS) is 1. The van der Waals surface area contributed by atoms with Crippen LogP contribution in [-0.2, 0) is 11.2 Å². The third-order valence-electron chi connectivity index (χ3n) is 1.61. The molecule has 0 aliphatic rings. The molecule has 0 unspecified atom stereocenters. The van der Waals surface area contributed by atoms with Crippen LogP contribution >= 0.6 is 11.3 Å². The normalized spacial score (nSPS) is 9.79. The second kappa shape index (κ2) is 4.76. The second-order valence-electron chi connectivity index (χ2n) is 2.76. The van der Waals surface area contributed by atoms with E-state index >= 15 is 0 Å². The number of hydrogen-bond acceptors (Lipinski definition) is 4. The first kappa shape index (κ1) is 10.7. The minimum absolute atomic E-state index is 0.0158. The monoisotopic (exact) mass is 212 g/mol. The van der Waals surface area contributed by atoms with Crippen LogP contribution in [0, 0.1) is 6.92 Å². The van der Waals surface area contributed by atoms with Gasteiger partial charge in [0.05, 0.1) is 12.1 Å². The summed E-state index contributed by atoms with van der Waals surface area (Å²) in [5, 5.41) is 12.4. The highest BCUT2D eigenvalue weighted by Gasteiger charge is 2.09. The Hall–Kier alpha value is -1.36. The second-order valence-corrected chi connectivity index (χ2v) is 3.97. The lowest BCUT2D eigenvalue weighted by molar-refractivity contribution is -0.136. The highest BCUT2D eigenvalue weighted by molar-refractivity contribution is 7.15. The SMILES string of the molecule is C=CCNc1nc(CC(=O)O)c(C)s1. The lowest BCUT2D eigenvalue weighted by Gasteiger charge is -1.94. The van der Waals surface area contributed by atoms with Gasteiger partial charge < -0.3 is 10.4 Å². The number of aliphatic carboxylic acids is 1. The molecule has 1 aromatic heterocycles. The quantitative estimate of drug-likeness (QED) is 0.729. The number of aromatic nitrogens is 1. The van der Waals surface area contributed by atoms with Crippen LogP contribution in [0.3, 0.4) is 0 Å². The fourth-order valence-corrected chi connectivity index (χ4v) is 1.81. The number of aryl methyl sites for hydroxylation is 1. The van der Waals surface area contributed by atoms with Crippen LogP contribution in [0.2, 0.25) is 0 Å². The maximum absolute atomic E-state index is 10.5. The van der Waals surface area contributed by atoms with E-state index in [1.807, 2.05) is 6.92 Å². The Kier molecular flexibility index (Phi) is 3.64. The fourth-order valence-electron chi connectivity index (χ4n) is 0.970. The molecule has 1 rings (SSSR count). The molecular formula is C9H12N2O2S. The molecule has 2 N–H and O–H groups in total. The third-order valence-corrected chi connectivity index (χ3v) is 2.58. The van der Waals surface area contributed by atoms with Crippen molar-refractivity contribution >= 4 is 22.4 Å². The summed E-state index contributed by atoms with van der Waals surface area (Å²) in [5.74, 6) is -0.853. The number of carbonyl (C=O) groups is 1. The zero-order valence-electron chi connectivity index (χ0n) is 7.91. The molecule has 0 radical (unpaired) electrons. The fraction of sp³-hybridized carbons (Fsp3) is 0.333. The molecule has 0 spiro atoms. The van der Waals surface area contributed by atoms with E-state index in [9.17, 15) is 4.79 Å². The number of thiazole rings is 1. The summed E-state index contributed by atoms with van der Waals surface area (Å²) in [6.45, 7) is 6.08. The van der Waals surface area contributed by atoms with Crippen molar-refractivity contribution in [1.82, 2.24) is 4.98 Å². The maximum Gasteiger partial charge on any atom is 0.309 e. The molecule has 0 aromatic carbocycles. The standard InChI is InChI=1S/C9H12N2O2S/c1-3-4-10-9-11-7(5-8(12)13)6(2)14-9/h3H,1,4-5H2,2H3,(H,10,11)(H,12,13). The smallest absolute Gasteiger partial charge is 0.309 e. The zero-order valence-corrected chi connectivity index (χ0v) is 8.73. The van der Waals surface area contributed by atoms with Crippen LogP contribution in [0.25, 0.3) is 0 Å². The predicted octanol–water partition coefficient (Wildman–Crippen LogP) is 1.68. The van der Waals surface area contributed by atoms with E-state index in [0.29, 0.717) is 12.2 Å². The van der Waals surface area contributed by atoms with Gasteiger partial charge in [-0.15, -0.1) is 17.9 Å². The topological polar surface area (TPSA) is 62.2 Å². The molecule has 0 saturated carbocycles. The summed E-state index contributed by atoms with van der Waals surface area (Å²) in [5.41, 5.74) is 0.633. The highest BCUT2D eigenvalue weighted by Crippen LogP contribution is 2.22. The van der Waals surface area contributed by atoms with Crippen molar-refractivity contribution in [1.29, 1.82) is 0 Å². The lowest BCUT2D eigenvalue weighted by atomic mass is 10.3. The van der Waals surface area contributed by atoms with Gasteiger partial charge in [0.15, 0.2) is 5.13 Å². The molecule has 0 aliphatic heterocycles. The number of anilines is 1. The van der Waals surface area contributed by atoms with Gasteiger partial charge in [-0.2, -0.15) is 0 Å². The first-order chi connectivity index (χ1) is 6.63. The predicted molar refractivity (Wildman–Crippen MR) is 56.9 cm³/mol. The summed E-state index contributed by atoms with van der Waals surface area (Å²) >= 11 is 1.46. The molecule has 5 heteroatoms. The van der Waals surface area contributed by atoms with Gasteiger partial charge in [0.2, 0.25) is 0 Å². The molecule has 0 saturated heterocycles. The largest absolute Gasteiger partial charge is 0.481 e. The van der Waals surface area contributed by atoms with Gasteiger partial charge in [0.25, 0.3) is 0 Å². The summed E-state index contributed by atoms with van der Waals surface area (Å²) in [7, 11) is 0. The van der Waals surface area contributed by atoms with Gasteiger partial charge in [0, 0.05) is 11.4 Å². The van der Waals surface area contributed by atoms with E-state index in [0.717, 1.165) is 10.0 Å². The number of nitrogens with zero attached hydrogens (tertiary/aromatic N) is 1. The zero-order chi connectivity index (χ0) is 10.6. The Morgan fingerprint density at radius 3 is 3.07 bits per heavy atom. The Balaban J connectivity index is 2.71. The van der Waals surface area contributed by atoms with Crippen molar-refractivity contribution in [3.8, 4) is 0 Å². The maximum atomic E-state index is 10.5. The van der Waals surface area contributed by atoms with Crippen molar-refractivity contribution < 1.29 is 9.90 Å². The average molecular weight is 212 g/mol. The van der Waals surface area contributed by atoms with Gasteiger partial charge in [-0.3, -0.25) is 4.79 Å². The van der Waals surface area contributed by atoms with Crippen LogP contribution in [0.4, 0.5) is 5.13 Å². The van der Waals surface area contributed by atoms with Crippen LogP contribution in [0.15, 0.2) is 12.7 Å². The number of hydrogen-bond donors (Lipinski definition) is 2. The number of nitrogens with one attached hydrogen (secondary N) is 1. The molecule has 0 atom stereocenters. The lowest BCUT2D eigenvalue weighted by Crippen LogP contribution is -2.02. The molecule has 14 heavy (non-hydrogen) atoms. The van der Waals surface area contributed by atoms with E-state index in [2.05, 4.69) is 16.9 Å². The Morgan fingerprint density at radius 2 is 2.50 bits per heavy atom. The van der Waals surface area contributed by atoms with Crippen molar-refractivity contribution in [3.63, 3.8) is 0 Å². The molecule has 1 heterocycles. The van der Waals surface area contributed by atoms with E-state index in [1.165, 1.54) is 11.3 Å². The molecule has 1 aromatic rings. The van der Waals surface area contributed by atoms with Gasteiger partial charge in [-0.25, -0.2) is 4.98 Å².